The molecule has 0 atom stereocenters. The molecule has 1 heterocycles. The zero-order valence-corrected chi connectivity index (χ0v) is 19.0. The molecule has 2 aromatic carbocycles. The lowest BCUT2D eigenvalue weighted by molar-refractivity contribution is -0.910. The van der Waals surface area contributed by atoms with Crippen molar-refractivity contribution in [2.75, 3.05) is 20.2 Å². The van der Waals surface area contributed by atoms with E-state index in [1.54, 1.807) is 7.11 Å². The van der Waals surface area contributed by atoms with Crippen LogP contribution >= 0.6 is 0 Å². The van der Waals surface area contributed by atoms with E-state index in [4.69, 9.17) is 4.74 Å². The first kappa shape index (κ1) is 22.5. The number of hydrogen-bond donors (Lipinski definition) is 2. The van der Waals surface area contributed by atoms with Crippen LogP contribution in [0, 0.1) is 6.92 Å². The zero-order chi connectivity index (χ0) is 22.4. The highest BCUT2D eigenvalue weighted by molar-refractivity contribution is 5.99. The van der Waals surface area contributed by atoms with Crippen molar-refractivity contribution < 1.29 is 14.4 Å². The van der Waals surface area contributed by atoms with Gasteiger partial charge in [-0.05, 0) is 63.6 Å². The Morgan fingerprint density at radius 2 is 1.94 bits per heavy atom. The number of hydrazone groups is 1. The third-order valence-corrected chi connectivity index (χ3v) is 5.63. The van der Waals surface area contributed by atoms with Gasteiger partial charge in [-0.2, -0.15) is 5.10 Å². The van der Waals surface area contributed by atoms with E-state index in [-0.39, 0.29) is 12.5 Å². The molecule has 0 saturated heterocycles. The first-order valence-corrected chi connectivity index (χ1v) is 10.7. The van der Waals surface area contributed by atoms with Crippen LogP contribution in [0.3, 0.4) is 0 Å². The molecule has 7 nitrogen and oxygen atoms in total. The number of ether oxygens (including phenoxy) is 1. The van der Waals surface area contributed by atoms with E-state index in [9.17, 15) is 4.79 Å². The fraction of sp³-hybridized carbons (Fsp3) is 0.375. The number of benzene rings is 2. The molecule has 0 radical (unpaired) electrons. The van der Waals surface area contributed by atoms with Crippen LogP contribution < -0.4 is 15.1 Å². The van der Waals surface area contributed by atoms with Crippen LogP contribution in [0.2, 0.25) is 0 Å². The maximum atomic E-state index is 12.5. The maximum Gasteiger partial charge on any atom is 0.260 e. The molecule has 31 heavy (non-hydrogen) atoms. The van der Waals surface area contributed by atoms with Gasteiger partial charge < -0.3 is 14.2 Å². The molecule has 164 valence electrons. The molecule has 0 bridgehead atoms. The Balaban J connectivity index is 1.73. The van der Waals surface area contributed by atoms with Gasteiger partial charge in [0.2, 0.25) is 0 Å². The molecule has 0 fully saturated rings. The Morgan fingerprint density at radius 1 is 1.19 bits per heavy atom. The number of carbonyl (C=O) groups is 1. The van der Waals surface area contributed by atoms with E-state index < -0.39 is 0 Å². The Hall–Kier alpha value is -3.19. The van der Waals surface area contributed by atoms with Crippen LogP contribution in [0.4, 0.5) is 0 Å². The second-order valence-electron chi connectivity index (χ2n) is 7.63. The van der Waals surface area contributed by atoms with E-state index >= 15 is 0 Å². The Bertz CT molecular complexity index is 1080. The molecule has 1 aromatic heterocycles. The van der Waals surface area contributed by atoms with Gasteiger partial charge in [-0.3, -0.25) is 4.79 Å². The second-order valence-corrected chi connectivity index (χ2v) is 7.63. The van der Waals surface area contributed by atoms with Gasteiger partial charge in [0, 0.05) is 5.56 Å². The fourth-order valence-corrected chi connectivity index (χ4v) is 3.70. The fourth-order valence-electron chi connectivity index (χ4n) is 3.70. The Labute approximate surface area is 183 Å². The van der Waals surface area contributed by atoms with E-state index in [1.165, 1.54) is 4.90 Å². The summed E-state index contributed by atoms with van der Waals surface area (Å²) in [4.78, 5) is 18.5. The molecule has 1 amide bonds. The number of rotatable bonds is 9. The van der Waals surface area contributed by atoms with Crippen molar-refractivity contribution in [3.05, 3.63) is 59.4 Å². The molecular weight excluding hydrogens is 390 g/mol. The number of fused-ring (bicyclic) bond motifs is 1. The molecule has 3 rings (SSSR count). The molecule has 3 aromatic rings. The Morgan fingerprint density at radius 3 is 2.65 bits per heavy atom. The average Bonchev–Trinajstić information content (AvgIpc) is 3.10. The highest BCUT2D eigenvalue weighted by Gasteiger charge is 2.13. The van der Waals surface area contributed by atoms with Crippen molar-refractivity contribution >= 4 is 22.7 Å². The number of aryl methyl sites for hydroxylation is 1. The number of methoxy groups -OCH3 is 1. The number of amides is 1. The third-order valence-electron chi connectivity index (χ3n) is 5.63. The zero-order valence-electron chi connectivity index (χ0n) is 19.0. The largest absolute Gasteiger partial charge is 0.496 e. The molecule has 0 spiro atoms. The predicted octanol–water partition coefficient (Wildman–Crippen LogP) is 2.32. The lowest BCUT2D eigenvalue weighted by atomic mass is 10.1. The number of quaternary nitrogens is 1. The van der Waals surface area contributed by atoms with Gasteiger partial charge >= 0.3 is 0 Å². The van der Waals surface area contributed by atoms with Gasteiger partial charge in [-0.25, -0.2) is 10.4 Å². The monoisotopic (exact) mass is 422 g/mol. The summed E-state index contributed by atoms with van der Waals surface area (Å²) in [5.74, 6) is 1.49. The van der Waals surface area contributed by atoms with E-state index in [0.717, 1.165) is 59.1 Å². The summed E-state index contributed by atoms with van der Waals surface area (Å²) >= 11 is 0. The number of nitrogens with zero attached hydrogens (tertiary/aromatic N) is 3. The van der Waals surface area contributed by atoms with Crippen molar-refractivity contribution in [2.45, 2.75) is 40.8 Å². The van der Waals surface area contributed by atoms with Gasteiger partial charge in [-0.15, -0.1) is 0 Å². The van der Waals surface area contributed by atoms with Crippen LogP contribution in [0.1, 0.15) is 37.7 Å². The summed E-state index contributed by atoms with van der Waals surface area (Å²) in [6.07, 6.45) is 0. The second kappa shape index (κ2) is 10.2. The number of aromatic nitrogens is 2. The molecule has 2 N–H and O–H groups in total. The maximum absolute atomic E-state index is 12.5. The van der Waals surface area contributed by atoms with Gasteiger partial charge in [0.05, 0.1) is 36.9 Å². The number of imidazole rings is 1. The summed E-state index contributed by atoms with van der Waals surface area (Å²) in [5.41, 5.74) is 7.36. The topological polar surface area (TPSA) is 73.0 Å². The number of carbonyl (C=O) groups excluding carboxylic acids is 1. The summed E-state index contributed by atoms with van der Waals surface area (Å²) in [5, 5.41) is 4.34. The van der Waals surface area contributed by atoms with E-state index in [0.29, 0.717) is 0 Å². The van der Waals surface area contributed by atoms with Gasteiger partial charge in [0.25, 0.3) is 5.91 Å². The minimum atomic E-state index is -0.188. The lowest BCUT2D eigenvalue weighted by Gasteiger charge is -2.18. The molecule has 7 heteroatoms. The highest BCUT2D eigenvalue weighted by Crippen LogP contribution is 2.20. The standard InChI is InChI=1S/C24H31N5O2/c1-6-28(7-2)15-20-14-19(12-13-23(20)31-5)17(3)26-27-24(30)16-29-18(4)25-21-10-8-9-11-22(21)29/h8-14H,6-7,15-16H2,1-5H3,(H,27,30)/p+1/b26-17-. The number of hydrogen-bond acceptors (Lipinski definition) is 4. The third kappa shape index (κ3) is 5.30. The van der Waals surface area contributed by atoms with Crippen molar-refractivity contribution in [1.29, 1.82) is 0 Å². The van der Waals surface area contributed by atoms with E-state index in [2.05, 4.69) is 35.4 Å². The summed E-state index contributed by atoms with van der Waals surface area (Å²) in [6.45, 7) is 11.3. The quantitative estimate of drug-likeness (QED) is 0.411. The number of para-hydroxylation sites is 2. The van der Waals surface area contributed by atoms with Gasteiger partial charge in [0.1, 0.15) is 24.7 Å². The first-order chi connectivity index (χ1) is 15.0. The van der Waals surface area contributed by atoms with Crippen LogP contribution in [-0.4, -0.2) is 41.4 Å². The van der Waals surface area contributed by atoms with Crippen molar-refractivity contribution in [3.8, 4) is 5.75 Å². The highest BCUT2D eigenvalue weighted by atomic mass is 16.5. The predicted molar refractivity (Wildman–Crippen MR) is 124 cm³/mol. The van der Waals surface area contributed by atoms with Gasteiger partial charge in [0.15, 0.2) is 0 Å². The summed E-state index contributed by atoms with van der Waals surface area (Å²) in [7, 11) is 1.69. The normalized spacial score (nSPS) is 11.9. The number of nitrogens with one attached hydrogen (secondary N) is 2. The molecule has 0 aliphatic carbocycles. The first-order valence-electron chi connectivity index (χ1n) is 10.7. The lowest BCUT2D eigenvalue weighted by Crippen LogP contribution is -3.10. The van der Waals surface area contributed by atoms with Crippen LogP contribution in [0.25, 0.3) is 11.0 Å². The van der Waals surface area contributed by atoms with Crippen molar-refractivity contribution in [1.82, 2.24) is 15.0 Å². The SMILES string of the molecule is CC[NH+](CC)Cc1cc(/C(C)=N\NC(=O)Cn2c(C)nc3ccccc32)ccc1OC. The summed E-state index contributed by atoms with van der Waals surface area (Å²) in [6, 6.07) is 13.8. The minimum Gasteiger partial charge on any atom is -0.496 e. The van der Waals surface area contributed by atoms with Gasteiger partial charge in [-0.1, -0.05) is 12.1 Å². The Kier molecular flexibility index (Phi) is 7.41. The summed E-state index contributed by atoms with van der Waals surface area (Å²) < 4.78 is 7.44. The van der Waals surface area contributed by atoms with Crippen LogP contribution in [0.15, 0.2) is 47.6 Å². The molecular formula is C24H32N5O2+. The molecule has 0 aliphatic heterocycles. The van der Waals surface area contributed by atoms with E-state index in [1.807, 2.05) is 54.8 Å². The smallest absolute Gasteiger partial charge is 0.260 e. The van der Waals surface area contributed by atoms with Crippen molar-refractivity contribution in [3.63, 3.8) is 0 Å². The molecule has 0 aliphatic rings. The van der Waals surface area contributed by atoms with Crippen molar-refractivity contribution in [2.24, 2.45) is 5.10 Å². The van der Waals surface area contributed by atoms with Crippen LogP contribution in [0.5, 0.6) is 5.75 Å². The molecule has 0 saturated carbocycles. The average molecular weight is 423 g/mol. The van der Waals surface area contributed by atoms with Crippen LogP contribution in [-0.2, 0) is 17.9 Å². The minimum absolute atomic E-state index is 0.169. The molecule has 0 unspecified atom stereocenters.